The Bertz CT molecular complexity index is 1010. The van der Waals surface area contributed by atoms with Gasteiger partial charge in [-0.25, -0.2) is 4.79 Å². The molecule has 1 rings (SSSR count). The van der Waals surface area contributed by atoms with Crippen LogP contribution in [-0.2, 0) is 52.5 Å². The second kappa shape index (κ2) is 13.2. The third kappa shape index (κ3) is 8.45. The van der Waals surface area contributed by atoms with Gasteiger partial charge in [0.05, 0.1) is 12.5 Å². The minimum absolute atomic E-state index is 0.146. The topological polar surface area (TPSA) is 197 Å². The molecule has 1 heterocycles. The van der Waals surface area contributed by atoms with Crippen LogP contribution in [0.4, 0.5) is 8.78 Å². The Morgan fingerprint density at radius 2 is 1.68 bits per heavy atom. The van der Waals surface area contributed by atoms with Crippen molar-refractivity contribution in [3.8, 4) is 0 Å². The van der Waals surface area contributed by atoms with Crippen molar-refractivity contribution in [2.24, 2.45) is 17.0 Å². The maximum atomic E-state index is 14.1. The first kappa shape index (κ1) is 32.4. The summed E-state index contributed by atoms with van der Waals surface area (Å²) in [7, 11) is 0. The van der Waals surface area contributed by atoms with E-state index in [1.54, 1.807) is 6.92 Å². The zero-order valence-corrected chi connectivity index (χ0v) is 21.6. The summed E-state index contributed by atoms with van der Waals surface area (Å²) >= 11 is 0. The first-order valence-electron chi connectivity index (χ1n) is 11.4. The molecule has 0 aliphatic carbocycles. The van der Waals surface area contributed by atoms with Crippen molar-refractivity contribution in [3.05, 3.63) is 10.4 Å². The number of ketones is 1. The molecule has 0 amide bonds. The zero-order valence-electron chi connectivity index (χ0n) is 21.6. The number of carbonyl (C=O) groups is 6. The molecule has 0 bridgehead atoms. The van der Waals surface area contributed by atoms with Gasteiger partial charge in [-0.2, -0.15) is 8.78 Å². The fourth-order valence-electron chi connectivity index (χ4n) is 4.19. The number of carbonyl (C=O) groups excluding carboxylic acids is 6. The summed E-state index contributed by atoms with van der Waals surface area (Å²) in [6, 6.07) is -4.48. The highest BCUT2D eigenvalue weighted by atomic mass is 19.3. The van der Waals surface area contributed by atoms with Gasteiger partial charge in [-0.3, -0.25) is 24.0 Å². The summed E-state index contributed by atoms with van der Waals surface area (Å²) in [6.45, 7) is 6.86. The summed E-state index contributed by atoms with van der Waals surface area (Å²) in [5, 5.41) is 2.20. The Labute approximate surface area is 215 Å². The van der Waals surface area contributed by atoms with Gasteiger partial charge in [0.2, 0.25) is 5.78 Å². The molecule has 38 heavy (non-hydrogen) atoms. The van der Waals surface area contributed by atoms with Crippen molar-refractivity contribution in [2.45, 2.75) is 91.0 Å². The molecule has 0 N–H and O–H groups in total. The Morgan fingerprint density at radius 3 is 2.13 bits per heavy atom. The molecule has 0 saturated carbocycles. The molecule has 0 spiro atoms. The van der Waals surface area contributed by atoms with Gasteiger partial charge < -0.3 is 23.7 Å². The molecule has 1 saturated heterocycles. The van der Waals surface area contributed by atoms with Gasteiger partial charge in [0, 0.05) is 50.9 Å². The molecule has 0 aromatic heterocycles. The Hall–Kier alpha value is -3.65. The highest BCUT2D eigenvalue weighted by Crippen LogP contribution is 2.43. The number of halogens is 2. The number of azide groups is 1. The summed E-state index contributed by atoms with van der Waals surface area (Å²) < 4.78 is 54.2. The molecule has 0 radical (unpaired) electrons. The predicted molar refractivity (Wildman–Crippen MR) is 119 cm³/mol. The molecular formula is C22H29F2N3O11. The van der Waals surface area contributed by atoms with Crippen molar-refractivity contribution in [3.63, 3.8) is 0 Å². The van der Waals surface area contributed by atoms with E-state index in [1.165, 1.54) is 6.92 Å². The lowest BCUT2D eigenvalue weighted by Gasteiger charge is -2.48. The van der Waals surface area contributed by atoms with Crippen LogP contribution in [0.15, 0.2) is 5.11 Å². The highest BCUT2D eigenvalue weighted by Gasteiger charge is 2.59. The number of Topliss-reactive ketones (excluding diaryl/α,β-unsaturated/α-hetero) is 1. The van der Waals surface area contributed by atoms with Crippen LogP contribution in [-0.4, -0.2) is 65.8 Å². The maximum absolute atomic E-state index is 14.1. The lowest BCUT2D eigenvalue weighted by Crippen LogP contribution is -2.62. The molecule has 6 atom stereocenters. The van der Waals surface area contributed by atoms with E-state index < -0.39 is 90.5 Å². The largest absolute Gasteiger partial charge is 0.462 e. The van der Waals surface area contributed by atoms with Crippen LogP contribution in [0.25, 0.3) is 10.4 Å². The first-order chi connectivity index (χ1) is 17.5. The minimum Gasteiger partial charge on any atom is -0.462 e. The number of esters is 5. The van der Waals surface area contributed by atoms with E-state index in [4.69, 9.17) is 24.5 Å². The molecule has 16 heteroatoms. The molecule has 1 aliphatic rings. The first-order valence-corrected chi connectivity index (χ1v) is 11.4. The van der Waals surface area contributed by atoms with Gasteiger partial charge in [-0.15, -0.1) is 0 Å². The molecule has 0 aromatic carbocycles. The average molecular weight is 549 g/mol. The molecule has 1 aliphatic heterocycles. The number of ether oxygens (including phenoxy) is 5. The van der Waals surface area contributed by atoms with Crippen LogP contribution in [0.1, 0.15) is 60.8 Å². The van der Waals surface area contributed by atoms with E-state index in [-0.39, 0.29) is 6.42 Å². The van der Waals surface area contributed by atoms with E-state index in [1.807, 2.05) is 4.91 Å². The lowest BCUT2D eigenvalue weighted by molar-refractivity contribution is -0.304. The highest BCUT2D eigenvalue weighted by molar-refractivity contribution is 5.90. The van der Waals surface area contributed by atoms with Crippen molar-refractivity contribution < 1.29 is 61.2 Å². The van der Waals surface area contributed by atoms with Crippen LogP contribution >= 0.6 is 0 Å². The normalized spacial score (nSPS) is 24.6. The fourth-order valence-corrected chi connectivity index (χ4v) is 4.19. The molecular weight excluding hydrogens is 520 g/mol. The summed E-state index contributed by atoms with van der Waals surface area (Å²) in [5.74, 6) is -12.5. The molecule has 1 unspecified atom stereocenters. The van der Waals surface area contributed by atoms with Gasteiger partial charge in [0.25, 0.3) is 0 Å². The van der Waals surface area contributed by atoms with Gasteiger partial charge in [0.1, 0.15) is 12.2 Å². The summed E-state index contributed by atoms with van der Waals surface area (Å²) in [4.78, 5) is 74.4. The molecule has 0 aromatic rings. The summed E-state index contributed by atoms with van der Waals surface area (Å²) in [6.07, 6.45) is -5.95. The number of rotatable bonds is 11. The smallest absolute Gasteiger partial charge is 0.387 e. The van der Waals surface area contributed by atoms with Crippen LogP contribution < -0.4 is 0 Å². The van der Waals surface area contributed by atoms with Crippen LogP contribution in [0.3, 0.4) is 0 Å². The third-order valence-corrected chi connectivity index (χ3v) is 5.62. The average Bonchev–Trinajstić information content (AvgIpc) is 2.76. The number of nitrogens with zero attached hydrogens (tertiary/aromatic N) is 3. The van der Waals surface area contributed by atoms with Crippen molar-refractivity contribution in [2.75, 3.05) is 0 Å². The Kier molecular flexibility index (Phi) is 11.3. The number of alkyl halides is 2. The number of hydrogen-bond donors (Lipinski definition) is 0. The van der Waals surface area contributed by atoms with Gasteiger partial charge >= 0.3 is 41.7 Å². The van der Waals surface area contributed by atoms with Crippen LogP contribution in [0.5, 0.6) is 0 Å². The summed E-state index contributed by atoms with van der Waals surface area (Å²) in [5.41, 5.74) is 8.40. The molecule has 14 nitrogen and oxygen atoms in total. The van der Waals surface area contributed by atoms with Crippen molar-refractivity contribution in [1.29, 1.82) is 0 Å². The zero-order chi connectivity index (χ0) is 29.4. The van der Waals surface area contributed by atoms with Gasteiger partial charge in [-0.05, 0) is 17.1 Å². The van der Waals surface area contributed by atoms with Crippen molar-refractivity contribution >= 4 is 35.6 Å². The van der Waals surface area contributed by atoms with Gasteiger partial charge in [0.15, 0.2) is 0 Å². The number of hydrogen-bond acceptors (Lipinski definition) is 12. The minimum atomic E-state index is -4.48. The van der Waals surface area contributed by atoms with E-state index in [2.05, 4.69) is 9.85 Å². The second-order valence-electron chi connectivity index (χ2n) is 8.60. The van der Waals surface area contributed by atoms with Gasteiger partial charge in [-0.1, -0.05) is 13.8 Å². The van der Waals surface area contributed by atoms with E-state index in [9.17, 15) is 37.5 Å². The van der Waals surface area contributed by atoms with Crippen molar-refractivity contribution in [1.82, 2.24) is 0 Å². The van der Waals surface area contributed by atoms with Crippen LogP contribution in [0.2, 0.25) is 0 Å². The third-order valence-electron chi connectivity index (χ3n) is 5.62. The predicted octanol–water partition coefficient (Wildman–Crippen LogP) is 2.51. The van der Waals surface area contributed by atoms with E-state index in [0.29, 0.717) is 0 Å². The quantitative estimate of drug-likeness (QED) is 0.0698. The second-order valence-corrected chi connectivity index (χ2v) is 8.60. The molecule has 1 fully saturated rings. The van der Waals surface area contributed by atoms with E-state index >= 15 is 0 Å². The standard InChI is InChI=1S/C22H29F2N3O11/c1-7-16(34-11(3)28)10(2)19-15(8-18(32)22(23,24)26-27-25)17(35-12(4)29)9-21(38-19,37-14(6)31)20(33)36-13(5)30/h10,15-17,19H,7-9H2,1-6H3/t10-,15-,16-,17-,19?,21-/m1/s1. The monoisotopic (exact) mass is 549 g/mol. The molecule has 212 valence electrons. The lowest BCUT2D eigenvalue weighted by atomic mass is 9.76. The SMILES string of the molecule is CC[C@@H](OC(C)=O)[C@@H](C)C1O[C@@](OC(C)=O)(C(=O)OC(C)=O)C[C@@H](OC(C)=O)[C@H]1CC(=O)C(F)(F)N=[N+]=[N-]. The Morgan fingerprint density at radius 1 is 1.08 bits per heavy atom. The fraction of sp³-hybridized carbons (Fsp3) is 0.727. The Balaban J connectivity index is 3.78. The van der Waals surface area contributed by atoms with E-state index in [0.717, 1.165) is 27.7 Å². The van der Waals surface area contributed by atoms with Crippen LogP contribution in [0, 0.1) is 11.8 Å². The maximum Gasteiger partial charge on any atom is 0.387 e.